The molecule has 1 aliphatic heterocycles. The van der Waals surface area contributed by atoms with Gasteiger partial charge in [-0.25, -0.2) is 4.68 Å². The standard InChI is InChI=1S/C14H19N5O2/c1-9-7-11(5-6-21-9)19-14(16-17-18-19)10-3-4-13(20-2)12(15)8-10/h3-4,8-9,11H,5-7,15H2,1-2H3. The van der Waals surface area contributed by atoms with Crippen LogP contribution in [-0.4, -0.2) is 40.0 Å². The van der Waals surface area contributed by atoms with Gasteiger partial charge in [0.2, 0.25) is 0 Å². The molecule has 1 aromatic heterocycles. The molecule has 1 fully saturated rings. The predicted molar refractivity (Wildman–Crippen MR) is 77.9 cm³/mol. The lowest BCUT2D eigenvalue weighted by atomic mass is 10.0. The molecule has 0 radical (unpaired) electrons. The van der Waals surface area contributed by atoms with Gasteiger partial charge < -0.3 is 15.2 Å². The fourth-order valence-electron chi connectivity index (χ4n) is 2.70. The van der Waals surface area contributed by atoms with Crippen molar-refractivity contribution in [1.29, 1.82) is 0 Å². The number of rotatable bonds is 3. The van der Waals surface area contributed by atoms with Gasteiger partial charge in [0, 0.05) is 12.2 Å². The molecule has 3 rings (SSSR count). The Labute approximate surface area is 123 Å². The van der Waals surface area contributed by atoms with E-state index in [-0.39, 0.29) is 12.1 Å². The van der Waals surface area contributed by atoms with Gasteiger partial charge in [-0.2, -0.15) is 0 Å². The van der Waals surface area contributed by atoms with Crippen LogP contribution in [-0.2, 0) is 4.74 Å². The molecule has 0 bridgehead atoms. The zero-order valence-corrected chi connectivity index (χ0v) is 12.2. The van der Waals surface area contributed by atoms with E-state index in [9.17, 15) is 0 Å². The van der Waals surface area contributed by atoms with Crippen LogP contribution in [0.3, 0.4) is 0 Å². The SMILES string of the molecule is COc1ccc(-c2nnnn2C2CCOC(C)C2)cc1N. The number of aromatic nitrogens is 4. The molecule has 2 N–H and O–H groups in total. The highest BCUT2D eigenvalue weighted by Crippen LogP contribution is 2.31. The monoisotopic (exact) mass is 289 g/mol. The second kappa shape index (κ2) is 5.69. The van der Waals surface area contributed by atoms with Gasteiger partial charge in [-0.15, -0.1) is 5.10 Å². The Hall–Kier alpha value is -2.15. The number of nitrogens with zero attached hydrogens (tertiary/aromatic N) is 4. The maximum atomic E-state index is 5.97. The van der Waals surface area contributed by atoms with Gasteiger partial charge in [-0.05, 0) is 48.4 Å². The average Bonchev–Trinajstić information content (AvgIpc) is 2.96. The third-order valence-electron chi connectivity index (χ3n) is 3.78. The molecule has 2 atom stereocenters. The van der Waals surface area contributed by atoms with E-state index in [0.717, 1.165) is 30.8 Å². The molecule has 1 aliphatic rings. The summed E-state index contributed by atoms with van der Waals surface area (Å²) in [5.41, 5.74) is 7.43. The molecule has 2 heterocycles. The minimum absolute atomic E-state index is 0.224. The highest BCUT2D eigenvalue weighted by molar-refractivity contribution is 5.66. The minimum Gasteiger partial charge on any atom is -0.495 e. The van der Waals surface area contributed by atoms with Crippen molar-refractivity contribution in [2.75, 3.05) is 19.5 Å². The number of nitrogen functional groups attached to an aromatic ring is 1. The van der Waals surface area contributed by atoms with Crippen molar-refractivity contribution >= 4 is 5.69 Å². The summed E-state index contributed by atoms with van der Waals surface area (Å²) >= 11 is 0. The topological polar surface area (TPSA) is 88.1 Å². The lowest BCUT2D eigenvalue weighted by molar-refractivity contribution is 0.00350. The van der Waals surface area contributed by atoms with E-state index in [1.54, 1.807) is 7.11 Å². The zero-order valence-electron chi connectivity index (χ0n) is 12.2. The summed E-state index contributed by atoms with van der Waals surface area (Å²) in [5, 5.41) is 12.1. The van der Waals surface area contributed by atoms with Crippen molar-refractivity contribution in [1.82, 2.24) is 20.2 Å². The molecule has 1 saturated heterocycles. The Morgan fingerprint density at radius 2 is 2.29 bits per heavy atom. The van der Waals surface area contributed by atoms with Gasteiger partial charge in [-0.3, -0.25) is 0 Å². The van der Waals surface area contributed by atoms with Crippen molar-refractivity contribution in [3.63, 3.8) is 0 Å². The number of hydrogen-bond acceptors (Lipinski definition) is 6. The maximum absolute atomic E-state index is 5.97. The number of anilines is 1. The molecule has 0 aliphatic carbocycles. The molecule has 2 aromatic rings. The van der Waals surface area contributed by atoms with Gasteiger partial charge in [-0.1, -0.05) is 0 Å². The number of nitrogens with two attached hydrogens (primary N) is 1. The van der Waals surface area contributed by atoms with Crippen LogP contribution in [0.15, 0.2) is 18.2 Å². The van der Waals surface area contributed by atoms with Gasteiger partial charge in [0.1, 0.15) is 5.75 Å². The maximum Gasteiger partial charge on any atom is 0.182 e. The van der Waals surface area contributed by atoms with Crippen molar-refractivity contribution in [2.24, 2.45) is 0 Å². The zero-order chi connectivity index (χ0) is 14.8. The summed E-state index contributed by atoms with van der Waals surface area (Å²) in [4.78, 5) is 0. The van der Waals surface area contributed by atoms with Crippen molar-refractivity contribution in [2.45, 2.75) is 31.9 Å². The van der Waals surface area contributed by atoms with E-state index in [1.807, 2.05) is 22.9 Å². The first-order chi connectivity index (χ1) is 10.2. The molecule has 2 unspecified atom stereocenters. The van der Waals surface area contributed by atoms with Gasteiger partial charge in [0.05, 0.1) is 24.9 Å². The Kier molecular flexibility index (Phi) is 3.74. The van der Waals surface area contributed by atoms with Crippen LogP contribution >= 0.6 is 0 Å². The first-order valence-corrected chi connectivity index (χ1v) is 7.02. The first-order valence-electron chi connectivity index (χ1n) is 7.02. The van der Waals surface area contributed by atoms with Crippen LogP contribution in [0, 0.1) is 0 Å². The second-order valence-electron chi connectivity index (χ2n) is 5.26. The van der Waals surface area contributed by atoms with Crippen molar-refractivity contribution in [3.05, 3.63) is 18.2 Å². The highest BCUT2D eigenvalue weighted by Gasteiger charge is 2.25. The van der Waals surface area contributed by atoms with Crippen LogP contribution in [0.5, 0.6) is 5.75 Å². The van der Waals surface area contributed by atoms with Crippen LogP contribution in [0.4, 0.5) is 5.69 Å². The molecule has 21 heavy (non-hydrogen) atoms. The third-order valence-corrected chi connectivity index (χ3v) is 3.78. The Balaban J connectivity index is 1.93. The van der Waals surface area contributed by atoms with Gasteiger partial charge in [0.15, 0.2) is 5.82 Å². The summed E-state index contributed by atoms with van der Waals surface area (Å²) in [6.07, 6.45) is 2.04. The smallest absolute Gasteiger partial charge is 0.182 e. The lowest BCUT2D eigenvalue weighted by Gasteiger charge is -2.27. The molecule has 0 spiro atoms. The van der Waals surface area contributed by atoms with Gasteiger partial charge >= 0.3 is 0 Å². The minimum atomic E-state index is 0.224. The molecule has 112 valence electrons. The molecular formula is C14H19N5O2. The van der Waals surface area contributed by atoms with E-state index >= 15 is 0 Å². The van der Waals surface area contributed by atoms with Gasteiger partial charge in [0.25, 0.3) is 0 Å². The predicted octanol–water partition coefficient (Wildman–Crippen LogP) is 1.67. The second-order valence-corrected chi connectivity index (χ2v) is 5.26. The fraction of sp³-hybridized carbons (Fsp3) is 0.500. The summed E-state index contributed by atoms with van der Waals surface area (Å²) in [6, 6.07) is 5.84. The van der Waals surface area contributed by atoms with Crippen LogP contribution in [0.25, 0.3) is 11.4 Å². The van der Waals surface area contributed by atoms with Crippen LogP contribution in [0.2, 0.25) is 0 Å². The number of methoxy groups -OCH3 is 1. The van der Waals surface area contributed by atoms with Crippen LogP contribution < -0.4 is 10.5 Å². The fourth-order valence-corrected chi connectivity index (χ4v) is 2.70. The quantitative estimate of drug-likeness (QED) is 0.865. The Morgan fingerprint density at radius 3 is 3.00 bits per heavy atom. The number of ether oxygens (including phenoxy) is 2. The highest BCUT2D eigenvalue weighted by atomic mass is 16.5. The molecule has 0 saturated carbocycles. The number of hydrogen-bond donors (Lipinski definition) is 1. The third kappa shape index (κ3) is 2.69. The molecule has 1 aromatic carbocycles. The van der Waals surface area contributed by atoms with E-state index in [0.29, 0.717) is 11.4 Å². The number of benzene rings is 1. The number of tetrazole rings is 1. The van der Waals surface area contributed by atoms with Crippen LogP contribution in [0.1, 0.15) is 25.8 Å². The average molecular weight is 289 g/mol. The Bertz CT molecular complexity index is 628. The largest absolute Gasteiger partial charge is 0.495 e. The lowest BCUT2D eigenvalue weighted by Crippen LogP contribution is -2.26. The molecule has 0 amide bonds. The van der Waals surface area contributed by atoms with E-state index in [2.05, 4.69) is 22.4 Å². The molecule has 7 heteroatoms. The van der Waals surface area contributed by atoms with E-state index in [1.165, 1.54) is 0 Å². The molecule has 7 nitrogen and oxygen atoms in total. The van der Waals surface area contributed by atoms with E-state index in [4.69, 9.17) is 15.2 Å². The van der Waals surface area contributed by atoms with E-state index < -0.39 is 0 Å². The van der Waals surface area contributed by atoms with Crippen molar-refractivity contribution < 1.29 is 9.47 Å². The normalized spacial score (nSPS) is 22.2. The summed E-state index contributed by atoms with van der Waals surface area (Å²) in [5.74, 6) is 1.38. The summed E-state index contributed by atoms with van der Waals surface area (Å²) in [7, 11) is 1.60. The summed E-state index contributed by atoms with van der Waals surface area (Å²) in [6.45, 7) is 2.80. The summed E-state index contributed by atoms with van der Waals surface area (Å²) < 4.78 is 12.6. The van der Waals surface area contributed by atoms with Crippen molar-refractivity contribution in [3.8, 4) is 17.1 Å². The Morgan fingerprint density at radius 1 is 1.43 bits per heavy atom. The first kappa shape index (κ1) is 13.8. The molecular weight excluding hydrogens is 270 g/mol.